The molecule has 2 aromatic rings. The summed E-state index contributed by atoms with van der Waals surface area (Å²) in [5.74, 6) is 0.657. The Morgan fingerprint density at radius 1 is 1.35 bits per heavy atom. The Labute approximate surface area is 156 Å². The molecule has 1 saturated heterocycles. The molecule has 26 heavy (non-hydrogen) atoms. The fraction of sp³-hybridized carbons (Fsp3) is 0.632. The van der Waals surface area contributed by atoms with Gasteiger partial charge in [-0.2, -0.15) is 0 Å². The van der Waals surface area contributed by atoms with E-state index < -0.39 is 0 Å². The summed E-state index contributed by atoms with van der Waals surface area (Å²) >= 11 is 0. The van der Waals surface area contributed by atoms with Crippen LogP contribution in [0.1, 0.15) is 12.0 Å². The Morgan fingerprint density at radius 2 is 2.12 bits per heavy atom. The molecule has 3 heterocycles. The maximum Gasteiger partial charge on any atom is 0.238 e. The first-order valence-electron chi connectivity index (χ1n) is 9.35. The van der Waals surface area contributed by atoms with E-state index in [4.69, 9.17) is 10.5 Å². The van der Waals surface area contributed by atoms with Crippen molar-refractivity contribution >= 4 is 11.2 Å². The lowest BCUT2D eigenvalue weighted by molar-refractivity contribution is -0.893. The quantitative estimate of drug-likeness (QED) is 0.746. The average molecular weight is 362 g/mol. The number of nitrogens with zero attached hydrogens (tertiary/aromatic N) is 5. The van der Waals surface area contributed by atoms with E-state index in [1.54, 1.807) is 0 Å². The molecular weight excluding hydrogens is 328 g/mol. The van der Waals surface area contributed by atoms with Gasteiger partial charge in [0.05, 0.1) is 44.5 Å². The summed E-state index contributed by atoms with van der Waals surface area (Å²) in [5.41, 5.74) is 9.12. The molecule has 144 valence electrons. The lowest BCUT2D eigenvalue weighted by Crippen LogP contribution is -2.46. The molecule has 0 bridgehead atoms. The fourth-order valence-corrected chi connectivity index (χ4v) is 3.70. The molecule has 1 unspecified atom stereocenters. The zero-order chi connectivity index (χ0) is 18.9. The maximum atomic E-state index is 6.05. The van der Waals surface area contributed by atoms with Gasteiger partial charge in [0.25, 0.3) is 0 Å². The second kappa shape index (κ2) is 7.42. The highest BCUT2D eigenvalue weighted by Crippen LogP contribution is 2.29. The van der Waals surface area contributed by atoms with Crippen LogP contribution in [-0.4, -0.2) is 86.5 Å². The number of likely N-dealkylation sites (N-methyl/N-ethyl adjacent to an activating group) is 1. The van der Waals surface area contributed by atoms with E-state index in [0.717, 1.165) is 40.9 Å². The summed E-state index contributed by atoms with van der Waals surface area (Å²) in [4.78, 5) is 4.56. The van der Waals surface area contributed by atoms with Crippen LogP contribution in [0.4, 0.5) is 5.69 Å². The van der Waals surface area contributed by atoms with Gasteiger partial charge in [0.15, 0.2) is 0 Å². The third-order valence-electron chi connectivity index (χ3n) is 5.37. The van der Waals surface area contributed by atoms with Gasteiger partial charge in [-0.1, -0.05) is 0 Å². The van der Waals surface area contributed by atoms with Crippen molar-refractivity contribution in [1.29, 1.82) is 0 Å². The van der Waals surface area contributed by atoms with E-state index in [0.29, 0.717) is 25.1 Å². The molecule has 2 N–H and O–H groups in total. The summed E-state index contributed by atoms with van der Waals surface area (Å²) < 4.78 is 8.95. The number of anilines is 1. The lowest BCUT2D eigenvalue weighted by atomic mass is 10.2. The van der Waals surface area contributed by atoms with Gasteiger partial charge in [-0.25, -0.2) is 4.52 Å². The number of rotatable bonds is 7. The van der Waals surface area contributed by atoms with Crippen molar-refractivity contribution in [2.75, 3.05) is 66.4 Å². The molecule has 1 aliphatic rings. The van der Waals surface area contributed by atoms with Crippen molar-refractivity contribution < 1.29 is 9.22 Å². The summed E-state index contributed by atoms with van der Waals surface area (Å²) in [7, 11) is 10.9. The molecule has 7 nitrogen and oxygen atoms in total. The number of likely N-dealkylation sites (tertiary alicyclic amines) is 1. The van der Waals surface area contributed by atoms with Crippen LogP contribution in [0, 0.1) is 0 Å². The van der Waals surface area contributed by atoms with Gasteiger partial charge in [0.1, 0.15) is 12.6 Å². The van der Waals surface area contributed by atoms with Crippen molar-refractivity contribution in [1.82, 2.24) is 14.5 Å². The van der Waals surface area contributed by atoms with Gasteiger partial charge in [-0.3, -0.25) is 4.90 Å². The zero-order valence-corrected chi connectivity index (χ0v) is 16.8. The van der Waals surface area contributed by atoms with Crippen LogP contribution in [0.25, 0.3) is 5.52 Å². The minimum absolute atomic E-state index is 0.414. The Hall–Kier alpha value is -1.83. The average Bonchev–Trinajstić information content (AvgIpc) is 3.18. The van der Waals surface area contributed by atoms with Crippen LogP contribution < -0.4 is 15.4 Å². The fourth-order valence-electron chi connectivity index (χ4n) is 3.70. The molecule has 2 aromatic heterocycles. The van der Waals surface area contributed by atoms with Gasteiger partial charge in [-0.05, 0) is 12.1 Å². The standard InChI is InChI=1S/C19H33N6O/c1-22(2)17-7-6-9-24-18(17)16(13-20)19(21-24)26-12-11-23-10-8-15(14-23)25(3,4)5/h6-7,9,15H,8,10-14,20H2,1-5H3/q+1. The highest BCUT2D eigenvalue weighted by atomic mass is 16.5. The number of quaternary nitrogens is 1. The minimum Gasteiger partial charge on any atom is -0.475 e. The summed E-state index contributed by atoms with van der Waals surface area (Å²) in [6.45, 7) is 4.25. The number of fused-ring (bicyclic) bond motifs is 1. The summed E-state index contributed by atoms with van der Waals surface area (Å²) in [6, 6.07) is 4.77. The normalized spacial score (nSPS) is 18.6. The predicted molar refractivity (Wildman–Crippen MR) is 106 cm³/mol. The van der Waals surface area contributed by atoms with Crippen LogP contribution in [-0.2, 0) is 6.54 Å². The number of nitrogens with two attached hydrogens (primary N) is 1. The van der Waals surface area contributed by atoms with E-state index in [-0.39, 0.29) is 0 Å². The molecule has 1 aliphatic heterocycles. The molecule has 0 saturated carbocycles. The van der Waals surface area contributed by atoms with Gasteiger partial charge in [0, 0.05) is 46.3 Å². The third-order valence-corrected chi connectivity index (χ3v) is 5.37. The van der Waals surface area contributed by atoms with Gasteiger partial charge in [0.2, 0.25) is 5.88 Å². The molecule has 1 atom stereocenters. The van der Waals surface area contributed by atoms with Crippen molar-refractivity contribution in [3.63, 3.8) is 0 Å². The van der Waals surface area contributed by atoms with Crippen LogP contribution >= 0.6 is 0 Å². The Bertz CT molecular complexity index is 748. The van der Waals surface area contributed by atoms with Gasteiger partial charge < -0.3 is 19.9 Å². The summed E-state index contributed by atoms with van der Waals surface area (Å²) in [6.07, 6.45) is 3.19. The number of aromatic nitrogens is 2. The molecule has 7 heteroatoms. The summed E-state index contributed by atoms with van der Waals surface area (Å²) in [5, 5.41) is 4.61. The van der Waals surface area contributed by atoms with Crippen molar-refractivity contribution in [3.8, 4) is 5.88 Å². The Morgan fingerprint density at radius 3 is 2.73 bits per heavy atom. The Balaban J connectivity index is 1.67. The van der Waals surface area contributed by atoms with Gasteiger partial charge >= 0.3 is 0 Å². The molecule has 0 radical (unpaired) electrons. The number of hydrogen-bond donors (Lipinski definition) is 1. The molecule has 1 fully saturated rings. The van der Waals surface area contributed by atoms with Crippen LogP contribution in [0.2, 0.25) is 0 Å². The highest BCUT2D eigenvalue weighted by molar-refractivity contribution is 5.78. The monoisotopic (exact) mass is 361 g/mol. The van der Waals surface area contributed by atoms with E-state index in [1.807, 2.05) is 30.9 Å². The smallest absolute Gasteiger partial charge is 0.238 e. The molecule has 0 aliphatic carbocycles. The van der Waals surface area contributed by atoms with Crippen LogP contribution in [0.5, 0.6) is 5.88 Å². The topological polar surface area (TPSA) is 59.0 Å². The number of ether oxygens (including phenoxy) is 1. The molecule has 0 aromatic carbocycles. The maximum absolute atomic E-state index is 6.05. The van der Waals surface area contributed by atoms with Crippen molar-refractivity contribution in [2.45, 2.75) is 19.0 Å². The lowest BCUT2D eigenvalue weighted by Gasteiger charge is -2.31. The van der Waals surface area contributed by atoms with E-state index >= 15 is 0 Å². The Kier molecular flexibility index (Phi) is 5.41. The first-order valence-corrected chi connectivity index (χ1v) is 9.35. The third kappa shape index (κ3) is 3.79. The second-order valence-corrected chi connectivity index (χ2v) is 8.28. The predicted octanol–water partition coefficient (Wildman–Crippen LogP) is 1.02. The highest BCUT2D eigenvalue weighted by Gasteiger charge is 2.31. The molecule has 0 spiro atoms. The zero-order valence-electron chi connectivity index (χ0n) is 16.8. The SMILES string of the molecule is CN(C)c1cccn2nc(OCCN3CCC([N+](C)(C)C)C3)c(CN)c12. The van der Waals surface area contributed by atoms with E-state index in [1.165, 1.54) is 6.42 Å². The van der Waals surface area contributed by atoms with Crippen LogP contribution in [0.15, 0.2) is 18.3 Å². The van der Waals surface area contributed by atoms with E-state index in [9.17, 15) is 0 Å². The number of pyridine rings is 1. The van der Waals surface area contributed by atoms with Crippen molar-refractivity contribution in [2.24, 2.45) is 5.73 Å². The molecule has 3 rings (SSSR count). The minimum atomic E-state index is 0.414. The first kappa shape index (κ1) is 18.9. The van der Waals surface area contributed by atoms with E-state index in [2.05, 4.69) is 42.1 Å². The molecule has 0 amide bonds. The number of hydrogen-bond acceptors (Lipinski definition) is 5. The van der Waals surface area contributed by atoms with Crippen LogP contribution in [0.3, 0.4) is 0 Å². The largest absolute Gasteiger partial charge is 0.475 e. The van der Waals surface area contributed by atoms with Crippen molar-refractivity contribution in [3.05, 3.63) is 23.9 Å². The first-order chi connectivity index (χ1) is 12.3. The second-order valence-electron chi connectivity index (χ2n) is 8.28. The molecular formula is C19H33N6O+. The van der Waals surface area contributed by atoms with Gasteiger partial charge in [-0.15, -0.1) is 5.10 Å².